The van der Waals surface area contributed by atoms with Gasteiger partial charge in [0.25, 0.3) is 5.91 Å². The third-order valence-corrected chi connectivity index (χ3v) is 4.27. The van der Waals surface area contributed by atoms with Crippen LogP contribution >= 0.6 is 50.1 Å². The molecule has 0 fully saturated rings. The molecule has 1 N–H and O–H groups in total. The van der Waals surface area contributed by atoms with Crippen LogP contribution in [0.4, 0.5) is 5.69 Å². The summed E-state index contributed by atoms with van der Waals surface area (Å²) in [7, 11) is 0. The van der Waals surface area contributed by atoms with Crippen LogP contribution in [-0.4, -0.2) is 10.9 Å². The summed E-state index contributed by atoms with van der Waals surface area (Å²) >= 11 is 11.3. The van der Waals surface area contributed by atoms with Gasteiger partial charge in [-0.1, -0.05) is 27.5 Å². The van der Waals surface area contributed by atoms with Gasteiger partial charge in [0.05, 0.1) is 17.4 Å². The number of carbonyl (C=O) groups is 1. The molecule has 0 aliphatic rings. The Labute approximate surface area is 138 Å². The maximum Gasteiger partial charge on any atom is 0.256 e. The minimum atomic E-state index is -0.172. The van der Waals surface area contributed by atoms with Crippen LogP contribution in [0.15, 0.2) is 34.9 Å². The molecule has 1 amide bonds. The first-order chi connectivity index (χ1) is 8.97. The largest absolute Gasteiger partial charge is 0.321 e. The Bertz CT molecular complexity index is 649. The number of halogens is 3. The van der Waals surface area contributed by atoms with E-state index in [4.69, 9.17) is 11.6 Å². The Morgan fingerprint density at radius 2 is 2.16 bits per heavy atom. The van der Waals surface area contributed by atoms with Gasteiger partial charge in [0, 0.05) is 8.04 Å². The highest BCUT2D eigenvalue weighted by atomic mass is 127. The van der Waals surface area contributed by atoms with Gasteiger partial charge in [0.15, 0.2) is 0 Å². The van der Waals surface area contributed by atoms with Crippen molar-refractivity contribution in [1.82, 2.24) is 4.98 Å². The molecule has 0 bridgehead atoms. The summed E-state index contributed by atoms with van der Waals surface area (Å²) < 4.78 is 1.75. The number of hydrogen-bond acceptors (Lipinski definition) is 2. The molecule has 0 atom stereocenters. The molecule has 1 aromatic heterocycles. The number of carbonyl (C=O) groups excluding carboxylic acids is 1. The fraction of sp³-hybridized carbons (Fsp3) is 0.0769. The predicted octanol–water partition coefficient (Wildman–Crippen LogP) is 4.66. The topological polar surface area (TPSA) is 42.0 Å². The van der Waals surface area contributed by atoms with Gasteiger partial charge in [-0.15, -0.1) is 0 Å². The predicted molar refractivity (Wildman–Crippen MR) is 88.8 cm³/mol. The summed E-state index contributed by atoms with van der Waals surface area (Å²) in [6.07, 6.45) is 1.54. The Hall–Kier alpha value is -0.660. The smallest absolute Gasteiger partial charge is 0.256 e. The van der Waals surface area contributed by atoms with Crippen LogP contribution in [0, 0.1) is 10.5 Å². The number of nitrogens with one attached hydrogen (secondary N) is 1. The quantitative estimate of drug-likeness (QED) is 0.533. The van der Waals surface area contributed by atoms with E-state index in [1.54, 1.807) is 12.1 Å². The van der Waals surface area contributed by atoms with Crippen molar-refractivity contribution in [2.45, 2.75) is 6.92 Å². The molecule has 0 aliphatic carbocycles. The zero-order valence-electron chi connectivity index (χ0n) is 9.88. The van der Waals surface area contributed by atoms with Crippen LogP contribution in [0.1, 0.15) is 15.9 Å². The number of benzene rings is 1. The second kappa shape index (κ2) is 6.19. The Morgan fingerprint density at radius 3 is 2.84 bits per heavy atom. The number of amides is 1. The maximum atomic E-state index is 12.2. The number of hydrogen-bond donors (Lipinski definition) is 1. The minimum Gasteiger partial charge on any atom is -0.321 e. The van der Waals surface area contributed by atoms with Gasteiger partial charge in [-0.05, 0) is 59.3 Å². The Balaban J connectivity index is 2.25. The normalized spacial score (nSPS) is 10.3. The van der Waals surface area contributed by atoms with Crippen LogP contribution in [-0.2, 0) is 0 Å². The van der Waals surface area contributed by atoms with Crippen molar-refractivity contribution in [3.63, 3.8) is 0 Å². The lowest BCUT2D eigenvalue weighted by Gasteiger charge is -2.08. The summed E-state index contributed by atoms with van der Waals surface area (Å²) in [5.41, 5.74) is 2.06. The van der Waals surface area contributed by atoms with Gasteiger partial charge in [-0.2, -0.15) is 0 Å². The Kier molecular flexibility index (Phi) is 4.81. The van der Waals surface area contributed by atoms with E-state index in [-0.39, 0.29) is 5.91 Å². The van der Waals surface area contributed by atoms with Crippen LogP contribution in [0.25, 0.3) is 0 Å². The van der Waals surface area contributed by atoms with Crippen molar-refractivity contribution < 1.29 is 4.79 Å². The third kappa shape index (κ3) is 3.67. The summed E-state index contributed by atoms with van der Waals surface area (Å²) in [6.45, 7) is 1.84. The van der Waals surface area contributed by atoms with Gasteiger partial charge in [0.1, 0.15) is 5.15 Å². The maximum absolute atomic E-state index is 12.2. The summed E-state index contributed by atoms with van der Waals surface area (Å²) in [5, 5.41) is 3.25. The molecule has 0 aliphatic heterocycles. The van der Waals surface area contributed by atoms with E-state index in [1.807, 2.05) is 19.1 Å². The van der Waals surface area contributed by atoms with E-state index in [0.29, 0.717) is 16.4 Å². The standard InChI is InChI=1S/C13H9BrClIN2O/c1-7-4-9(6-17-12(7)15)18-13(19)10-5-8(14)2-3-11(10)16/h2-6H,1H3,(H,18,19). The molecule has 0 radical (unpaired) electrons. The second-order valence-electron chi connectivity index (χ2n) is 3.91. The number of pyridine rings is 1. The van der Waals surface area contributed by atoms with E-state index in [2.05, 4.69) is 48.8 Å². The lowest BCUT2D eigenvalue weighted by molar-refractivity contribution is 0.102. The molecular weight excluding hydrogens is 442 g/mol. The van der Waals surface area contributed by atoms with Crippen LogP contribution in [0.5, 0.6) is 0 Å². The van der Waals surface area contributed by atoms with Crippen molar-refractivity contribution in [1.29, 1.82) is 0 Å². The zero-order valence-corrected chi connectivity index (χ0v) is 14.4. The molecular formula is C13H9BrClIN2O. The van der Waals surface area contributed by atoms with E-state index < -0.39 is 0 Å². The number of nitrogens with zero attached hydrogens (tertiary/aromatic N) is 1. The first-order valence-corrected chi connectivity index (χ1v) is 7.61. The molecule has 6 heteroatoms. The fourth-order valence-corrected chi connectivity index (χ4v) is 2.54. The number of rotatable bonds is 2. The van der Waals surface area contributed by atoms with E-state index >= 15 is 0 Å². The van der Waals surface area contributed by atoms with Gasteiger partial charge < -0.3 is 5.32 Å². The van der Waals surface area contributed by atoms with Gasteiger partial charge in [-0.25, -0.2) is 4.98 Å². The van der Waals surface area contributed by atoms with Crippen LogP contribution in [0.3, 0.4) is 0 Å². The highest BCUT2D eigenvalue weighted by molar-refractivity contribution is 14.1. The van der Waals surface area contributed by atoms with Crippen molar-refractivity contribution in [3.8, 4) is 0 Å². The summed E-state index contributed by atoms with van der Waals surface area (Å²) in [4.78, 5) is 16.2. The monoisotopic (exact) mass is 450 g/mol. The summed E-state index contributed by atoms with van der Waals surface area (Å²) in [6, 6.07) is 7.35. The van der Waals surface area contributed by atoms with E-state index in [1.165, 1.54) is 6.20 Å². The van der Waals surface area contributed by atoms with Crippen LogP contribution in [0.2, 0.25) is 5.15 Å². The fourth-order valence-electron chi connectivity index (χ4n) is 1.50. The molecule has 19 heavy (non-hydrogen) atoms. The van der Waals surface area contributed by atoms with Crippen molar-refractivity contribution >= 4 is 61.7 Å². The van der Waals surface area contributed by atoms with E-state index in [0.717, 1.165) is 13.6 Å². The molecule has 2 aromatic rings. The average molecular weight is 451 g/mol. The highest BCUT2D eigenvalue weighted by Crippen LogP contribution is 2.21. The second-order valence-corrected chi connectivity index (χ2v) is 6.35. The van der Waals surface area contributed by atoms with Gasteiger partial charge in [0.2, 0.25) is 0 Å². The molecule has 1 aromatic carbocycles. The molecule has 3 nitrogen and oxygen atoms in total. The lowest BCUT2D eigenvalue weighted by atomic mass is 10.2. The molecule has 1 heterocycles. The SMILES string of the molecule is Cc1cc(NC(=O)c2cc(Br)ccc2I)cnc1Cl. The molecule has 98 valence electrons. The van der Waals surface area contributed by atoms with Crippen LogP contribution < -0.4 is 5.32 Å². The molecule has 0 unspecified atom stereocenters. The van der Waals surface area contributed by atoms with Gasteiger partial charge in [-0.3, -0.25) is 4.79 Å². The molecule has 0 spiro atoms. The first kappa shape index (κ1) is 14.7. The molecule has 0 saturated heterocycles. The van der Waals surface area contributed by atoms with Crippen molar-refractivity contribution in [2.75, 3.05) is 5.32 Å². The number of aryl methyl sites for hydroxylation is 1. The highest BCUT2D eigenvalue weighted by Gasteiger charge is 2.11. The number of anilines is 1. The third-order valence-electron chi connectivity index (χ3n) is 2.45. The molecule has 0 saturated carbocycles. The number of aromatic nitrogens is 1. The summed E-state index contributed by atoms with van der Waals surface area (Å²) in [5.74, 6) is -0.172. The first-order valence-electron chi connectivity index (χ1n) is 5.36. The zero-order chi connectivity index (χ0) is 14.0. The lowest BCUT2D eigenvalue weighted by Crippen LogP contribution is -2.13. The minimum absolute atomic E-state index is 0.172. The van der Waals surface area contributed by atoms with Crippen molar-refractivity contribution in [2.24, 2.45) is 0 Å². The molecule has 2 rings (SSSR count). The Morgan fingerprint density at radius 1 is 1.42 bits per heavy atom. The average Bonchev–Trinajstić information content (AvgIpc) is 2.36. The van der Waals surface area contributed by atoms with Crippen molar-refractivity contribution in [3.05, 3.63) is 54.8 Å². The van der Waals surface area contributed by atoms with Gasteiger partial charge >= 0.3 is 0 Å². The van der Waals surface area contributed by atoms with E-state index in [9.17, 15) is 4.79 Å².